The summed E-state index contributed by atoms with van der Waals surface area (Å²) in [6, 6.07) is 0. The SMILES string of the molecule is COC(=O)CC[C@@H](C)[C@H]1CC[C@H]2[C@@H]3[C@H](O)C[C@@H]4C[C@@](O)(OCCCCCCO)CC[C@]4(C)[C@H]3C[C@H](O)[C@]12C. The zero-order chi connectivity index (χ0) is 27.7. The van der Waals surface area contributed by atoms with Crippen LogP contribution >= 0.6 is 0 Å². The van der Waals surface area contributed by atoms with Crippen molar-refractivity contribution in [2.75, 3.05) is 20.3 Å². The van der Waals surface area contributed by atoms with Crippen molar-refractivity contribution in [3.05, 3.63) is 0 Å². The highest BCUT2D eigenvalue weighted by molar-refractivity contribution is 5.69. The number of unbranched alkanes of at least 4 members (excludes halogenated alkanes) is 3. The molecule has 4 aliphatic carbocycles. The number of hydrogen-bond acceptors (Lipinski definition) is 7. The number of ether oxygens (including phenoxy) is 2. The number of hydrogen-bond donors (Lipinski definition) is 4. The van der Waals surface area contributed by atoms with Crippen LogP contribution < -0.4 is 0 Å². The van der Waals surface area contributed by atoms with Crippen molar-refractivity contribution in [3.63, 3.8) is 0 Å². The lowest BCUT2D eigenvalue weighted by Gasteiger charge is -2.64. The van der Waals surface area contributed by atoms with E-state index in [1.54, 1.807) is 0 Å². The molecule has 0 radical (unpaired) electrons. The van der Waals surface area contributed by atoms with Gasteiger partial charge in [-0.15, -0.1) is 0 Å². The standard InChI is InChI=1S/C31H54O7/c1-20(9-12-27(35)37-4)22-10-11-23-28-24(18-26(34)30(22,23)3)29(2)13-14-31(36,19-21(29)17-25(28)33)38-16-8-6-5-7-15-32/h20-26,28,32-34,36H,5-19H2,1-4H3/t20-,21-,22-,23+,24+,25-,26+,28+,29+,30-,31+/m1/s1. The average Bonchev–Trinajstić information content (AvgIpc) is 3.24. The fraction of sp³-hybridized carbons (Fsp3) is 0.968. The third-order valence-electron chi connectivity index (χ3n) is 12.0. The maximum absolute atomic E-state index is 11.8. The van der Waals surface area contributed by atoms with E-state index in [9.17, 15) is 20.1 Å². The van der Waals surface area contributed by atoms with Gasteiger partial charge in [0.2, 0.25) is 0 Å². The van der Waals surface area contributed by atoms with Gasteiger partial charge in [-0.05, 0) is 97.7 Å². The molecule has 38 heavy (non-hydrogen) atoms. The lowest BCUT2D eigenvalue weighted by atomic mass is 9.43. The molecule has 7 nitrogen and oxygen atoms in total. The van der Waals surface area contributed by atoms with E-state index in [1.165, 1.54) is 7.11 Å². The Kier molecular flexibility index (Phi) is 9.56. The molecule has 0 aromatic heterocycles. The fourth-order valence-electron chi connectivity index (χ4n) is 9.72. The van der Waals surface area contributed by atoms with Crippen LogP contribution in [0.4, 0.5) is 0 Å². The fourth-order valence-corrected chi connectivity index (χ4v) is 9.72. The van der Waals surface area contributed by atoms with E-state index in [2.05, 4.69) is 20.8 Å². The molecule has 4 saturated carbocycles. The monoisotopic (exact) mass is 538 g/mol. The maximum atomic E-state index is 11.8. The Morgan fingerprint density at radius 1 is 1.03 bits per heavy atom. The first-order chi connectivity index (χ1) is 18.0. The lowest BCUT2D eigenvalue weighted by molar-refractivity contribution is -0.273. The summed E-state index contributed by atoms with van der Waals surface area (Å²) >= 11 is 0. The molecule has 4 aliphatic rings. The molecule has 4 rings (SSSR count). The number of rotatable bonds is 11. The first-order valence-electron chi connectivity index (χ1n) is 15.4. The van der Waals surface area contributed by atoms with Crippen LogP contribution in [0.2, 0.25) is 0 Å². The highest BCUT2D eigenvalue weighted by Gasteiger charge is 2.66. The number of fused-ring (bicyclic) bond motifs is 5. The highest BCUT2D eigenvalue weighted by atomic mass is 16.6. The largest absolute Gasteiger partial charge is 0.469 e. The Labute approximate surface area is 229 Å². The molecule has 7 heteroatoms. The van der Waals surface area contributed by atoms with Gasteiger partial charge < -0.3 is 29.9 Å². The molecule has 0 aliphatic heterocycles. The molecule has 0 heterocycles. The third-order valence-corrected chi connectivity index (χ3v) is 12.0. The van der Waals surface area contributed by atoms with Crippen LogP contribution in [0.15, 0.2) is 0 Å². The van der Waals surface area contributed by atoms with E-state index in [0.29, 0.717) is 50.5 Å². The predicted octanol–water partition coefficient (Wildman–Crippen LogP) is 4.43. The second-order valence-corrected chi connectivity index (χ2v) is 13.8. The molecule has 0 bridgehead atoms. The van der Waals surface area contributed by atoms with Crippen molar-refractivity contribution >= 4 is 5.97 Å². The van der Waals surface area contributed by atoms with E-state index in [1.807, 2.05) is 0 Å². The zero-order valence-electron chi connectivity index (χ0n) is 24.2. The first-order valence-corrected chi connectivity index (χ1v) is 15.4. The molecule has 220 valence electrons. The molecule has 4 fully saturated rings. The molecule has 11 atom stereocenters. The summed E-state index contributed by atoms with van der Waals surface area (Å²) in [5.41, 5.74) is -0.285. The number of carbonyl (C=O) groups excluding carboxylic acids is 1. The van der Waals surface area contributed by atoms with Crippen molar-refractivity contribution in [1.29, 1.82) is 0 Å². The Bertz CT molecular complexity index is 805. The first kappa shape index (κ1) is 30.2. The Balaban J connectivity index is 1.44. The summed E-state index contributed by atoms with van der Waals surface area (Å²) < 4.78 is 10.9. The lowest BCUT2D eigenvalue weighted by Crippen LogP contribution is -2.63. The summed E-state index contributed by atoms with van der Waals surface area (Å²) in [5, 5.41) is 43.7. The maximum Gasteiger partial charge on any atom is 0.305 e. The number of aliphatic hydroxyl groups is 4. The van der Waals surface area contributed by atoms with Crippen LogP contribution in [-0.4, -0.2) is 64.7 Å². The van der Waals surface area contributed by atoms with E-state index >= 15 is 0 Å². The Morgan fingerprint density at radius 3 is 2.47 bits per heavy atom. The summed E-state index contributed by atoms with van der Waals surface area (Å²) in [7, 11) is 1.43. The van der Waals surface area contributed by atoms with Crippen LogP contribution in [0, 0.1) is 46.3 Å². The van der Waals surface area contributed by atoms with E-state index in [0.717, 1.165) is 51.4 Å². The minimum atomic E-state index is -1.14. The van der Waals surface area contributed by atoms with Crippen molar-refractivity contribution in [2.24, 2.45) is 46.3 Å². The van der Waals surface area contributed by atoms with E-state index in [4.69, 9.17) is 14.6 Å². The molecule has 0 amide bonds. The van der Waals surface area contributed by atoms with Gasteiger partial charge in [-0.25, -0.2) is 0 Å². The van der Waals surface area contributed by atoms with Crippen molar-refractivity contribution in [2.45, 2.75) is 122 Å². The highest BCUT2D eigenvalue weighted by Crippen LogP contribution is 2.69. The van der Waals surface area contributed by atoms with Gasteiger partial charge in [0.15, 0.2) is 5.79 Å². The van der Waals surface area contributed by atoms with Gasteiger partial charge in [0, 0.05) is 25.9 Å². The smallest absolute Gasteiger partial charge is 0.305 e. The number of esters is 1. The van der Waals surface area contributed by atoms with Crippen LogP contribution in [0.25, 0.3) is 0 Å². The molecule has 0 aromatic rings. The van der Waals surface area contributed by atoms with Crippen LogP contribution in [-0.2, 0) is 14.3 Å². The molecule has 0 unspecified atom stereocenters. The van der Waals surface area contributed by atoms with Crippen molar-refractivity contribution in [1.82, 2.24) is 0 Å². The second kappa shape index (κ2) is 12.0. The van der Waals surface area contributed by atoms with Crippen LogP contribution in [0.5, 0.6) is 0 Å². The van der Waals surface area contributed by atoms with Crippen LogP contribution in [0.3, 0.4) is 0 Å². The minimum Gasteiger partial charge on any atom is -0.469 e. The van der Waals surface area contributed by atoms with Gasteiger partial charge in [0.1, 0.15) is 0 Å². The van der Waals surface area contributed by atoms with Crippen molar-refractivity contribution < 1.29 is 34.7 Å². The van der Waals surface area contributed by atoms with Gasteiger partial charge in [0.25, 0.3) is 0 Å². The normalized spacial score (nSPS) is 45.1. The van der Waals surface area contributed by atoms with E-state index in [-0.39, 0.29) is 47.1 Å². The summed E-state index contributed by atoms with van der Waals surface area (Å²) in [5.74, 6) is 0.161. The molecule has 0 spiro atoms. The molecular weight excluding hydrogens is 484 g/mol. The predicted molar refractivity (Wildman–Crippen MR) is 145 cm³/mol. The van der Waals surface area contributed by atoms with Crippen LogP contribution in [0.1, 0.15) is 104 Å². The quantitative estimate of drug-likeness (QED) is 0.175. The Hall–Kier alpha value is -0.730. The van der Waals surface area contributed by atoms with Crippen molar-refractivity contribution in [3.8, 4) is 0 Å². The van der Waals surface area contributed by atoms with Gasteiger partial charge >= 0.3 is 5.97 Å². The molecule has 4 N–H and O–H groups in total. The summed E-state index contributed by atoms with van der Waals surface area (Å²) in [6.07, 6.45) is 9.39. The summed E-state index contributed by atoms with van der Waals surface area (Å²) in [4.78, 5) is 11.8. The van der Waals surface area contributed by atoms with Gasteiger partial charge in [-0.2, -0.15) is 0 Å². The topological polar surface area (TPSA) is 116 Å². The number of carbonyl (C=O) groups is 1. The molecule has 0 aromatic carbocycles. The summed E-state index contributed by atoms with van der Waals surface area (Å²) in [6.45, 7) is 7.55. The Morgan fingerprint density at radius 2 is 1.76 bits per heavy atom. The zero-order valence-corrected chi connectivity index (χ0v) is 24.2. The average molecular weight is 539 g/mol. The van der Waals surface area contributed by atoms with Gasteiger partial charge in [-0.3, -0.25) is 4.79 Å². The third kappa shape index (κ3) is 5.57. The number of methoxy groups -OCH3 is 1. The molecule has 0 saturated heterocycles. The van der Waals surface area contributed by atoms with Gasteiger partial charge in [0.05, 0.1) is 25.9 Å². The molecular formula is C31H54O7. The van der Waals surface area contributed by atoms with Gasteiger partial charge in [-0.1, -0.05) is 33.6 Å². The number of aliphatic hydroxyl groups excluding tert-OH is 3. The second-order valence-electron chi connectivity index (χ2n) is 13.8. The minimum absolute atomic E-state index is 0.0302. The van der Waals surface area contributed by atoms with E-state index < -0.39 is 18.0 Å².